The predicted molar refractivity (Wildman–Crippen MR) is 155 cm³/mol. The summed E-state index contributed by atoms with van der Waals surface area (Å²) >= 11 is 7.27. The monoisotopic (exact) mass is 524 g/mol. The lowest BCUT2D eigenvalue weighted by molar-refractivity contribution is 0.667. The first-order valence-corrected chi connectivity index (χ1v) is 16.0. The van der Waals surface area contributed by atoms with Crippen molar-refractivity contribution in [2.45, 2.75) is 78.1 Å². The van der Waals surface area contributed by atoms with Crippen LogP contribution in [0.25, 0.3) is 40.2 Å². The maximum atomic E-state index is 5.00. The average molecular weight is 525 g/mol. The van der Waals surface area contributed by atoms with E-state index in [9.17, 15) is 0 Å². The Kier molecular flexibility index (Phi) is 8.10. The topological polar surface area (TPSA) is 25.8 Å². The molecule has 4 aromatic heterocycles. The Morgan fingerprint density at radius 1 is 0.588 bits per heavy atom. The van der Waals surface area contributed by atoms with Crippen molar-refractivity contribution in [1.82, 2.24) is 9.97 Å². The highest BCUT2D eigenvalue weighted by molar-refractivity contribution is 7.26. The van der Waals surface area contributed by atoms with Crippen molar-refractivity contribution < 1.29 is 0 Å². The van der Waals surface area contributed by atoms with Crippen LogP contribution in [0, 0.1) is 0 Å². The van der Waals surface area contributed by atoms with E-state index in [-0.39, 0.29) is 0 Å². The molecule has 0 fully saturated rings. The number of hydrogen-bond acceptors (Lipinski definition) is 6. The van der Waals surface area contributed by atoms with Gasteiger partial charge in [0.25, 0.3) is 0 Å². The summed E-state index contributed by atoms with van der Waals surface area (Å²) in [6, 6.07) is 9.18. The molecular weight excluding hydrogens is 493 g/mol. The van der Waals surface area contributed by atoms with Gasteiger partial charge in [-0.15, -0.1) is 45.3 Å². The van der Waals surface area contributed by atoms with Crippen molar-refractivity contribution in [3.05, 3.63) is 46.2 Å². The minimum atomic E-state index is 1.10. The molecule has 2 nitrogen and oxygen atoms in total. The SMILES string of the molecule is CCCCCCc1csc(-c2nc3cc4sc(-c5cc(CCCCCC)cs5)nc4cc3s2)c1. The third kappa shape index (κ3) is 5.62. The zero-order valence-electron chi connectivity index (χ0n) is 20.1. The Morgan fingerprint density at radius 3 is 1.50 bits per heavy atom. The predicted octanol–water partition coefficient (Wildman–Crippen LogP) is 10.6. The molecule has 0 saturated heterocycles. The van der Waals surface area contributed by atoms with E-state index in [4.69, 9.17) is 9.97 Å². The first-order chi connectivity index (χ1) is 16.7. The van der Waals surface area contributed by atoms with Crippen LogP contribution in [0.5, 0.6) is 0 Å². The van der Waals surface area contributed by atoms with E-state index >= 15 is 0 Å². The summed E-state index contributed by atoms with van der Waals surface area (Å²) in [5.74, 6) is 0. The van der Waals surface area contributed by atoms with Crippen LogP contribution in [-0.4, -0.2) is 9.97 Å². The van der Waals surface area contributed by atoms with Crippen LogP contribution in [0.1, 0.15) is 76.3 Å². The third-order valence-corrected chi connectivity index (χ3v) is 10.6. The number of fused-ring (bicyclic) bond motifs is 2. The maximum Gasteiger partial charge on any atom is 0.134 e. The summed E-state index contributed by atoms with van der Waals surface area (Å²) < 4.78 is 2.47. The summed E-state index contributed by atoms with van der Waals surface area (Å²) in [5.41, 5.74) is 5.12. The Bertz CT molecular complexity index is 1200. The first kappa shape index (κ1) is 24.1. The van der Waals surface area contributed by atoms with Crippen LogP contribution < -0.4 is 0 Å². The lowest BCUT2D eigenvalue weighted by Gasteiger charge is -1.96. The van der Waals surface area contributed by atoms with Crippen LogP contribution in [0.2, 0.25) is 0 Å². The molecule has 0 unspecified atom stereocenters. The molecule has 0 aliphatic rings. The molecule has 5 aromatic rings. The second kappa shape index (κ2) is 11.4. The van der Waals surface area contributed by atoms with Gasteiger partial charge in [-0.2, -0.15) is 0 Å². The number of benzene rings is 1. The fourth-order valence-electron chi connectivity index (χ4n) is 4.31. The largest absolute Gasteiger partial charge is 0.235 e. The van der Waals surface area contributed by atoms with Crippen molar-refractivity contribution in [2.24, 2.45) is 0 Å². The minimum absolute atomic E-state index is 1.10. The summed E-state index contributed by atoms with van der Waals surface area (Å²) in [7, 11) is 0. The Hall–Kier alpha value is -1.60. The second-order valence-corrected chi connectivity index (χ2v) is 13.0. The molecule has 34 heavy (non-hydrogen) atoms. The van der Waals surface area contributed by atoms with Crippen molar-refractivity contribution >= 4 is 65.8 Å². The summed E-state index contributed by atoms with van der Waals surface area (Å²) in [6.45, 7) is 4.54. The van der Waals surface area contributed by atoms with E-state index < -0.39 is 0 Å². The van der Waals surface area contributed by atoms with E-state index in [0.717, 1.165) is 21.0 Å². The van der Waals surface area contributed by atoms with Gasteiger partial charge in [0.2, 0.25) is 0 Å². The summed E-state index contributed by atoms with van der Waals surface area (Å²) in [4.78, 5) is 12.6. The summed E-state index contributed by atoms with van der Waals surface area (Å²) in [6.07, 6.45) is 12.9. The molecule has 0 aliphatic carbocycles. The summed E-state index contributed by atoms with van der Waals surface area (Å²) in [5, 5.41) is 6.92. The first-order valence-electron chi connectivity index (χ1n) is 12.6. The number of rotatable bonds is 12. The van der Waals surface area contributed by atoms with Gasteiger partial charge in [0.1, 0.15) is 10.0 Å². The van der Waals surface area contributed by atoms with Crippen molar-refractivity contribution in [1.29, 1.82) is 0 Å². The number of thiazole rings is 2. The lowest BCUT2D eigenvalue weighted by atomic mass is 10.1. The standard InChI is InChI=1S/C28H32N2S4/c1-3-5-7-9-11-19-13-25(31-17-19)27-29-21-15-24-22(16-23(21)33-27)30-28(34-24)26-14-20(18-32-26)12-10-8-6-4-2/h13-18H,3-12H2,1-2H3. The van der Waals surface area contributed by atoms with Gasteiger partial charge in [0.15, 0.2) is 0 Å². The molecule has 0 bridgehead atoms. The van der Waals surface area contributed by atoms with Gasteiger partial charge < -0.3 is 0 Å². The van der Waals surface area contributed by atoms with Gasteiger partial charge in [0, 0.05) is 0 Å². The fourth-order valence-corrected chi connectivity index (χ4v) is 8.29. The molecule has 178 valence electrons. The van der Waals surface area contributed by atoms with E-state index in [1.807, 2.05) is 22.7 Å². The third-order valence-electron chi connectivity index (χ3n) is 6.26. The molecular formula is C28H32N2S4. The van der Waals surface area contributed by atoms with Crippen LogP contribution >= 0.6 is 45.3 Å². The van der Waals surface area contributed by atoms with Gasteiger partial charge >= 0.3 is 0 Å². The molecule has 0 radical (unpaired) electrons. The molecule has 0 saturated carbocycles. The molecule has 0 atom stereocenters. The highest BCUT2D eigenvalue weighted by Gasteiger charge is 2.14. The van der Waals surface area contributed by atoms with E-state index in [1.165, 1.54) is 94.5 Å². The van der Waals surface area contributed by atoms with Crippen LogP contribution in [0.4, 0.5) is 0 Å². The minimum Gasteiger partial charge on any atom is -0.235 e. The van der Waals surface area contributed by atoms with Crippen LogP contribution in [0.15, 0.2) is 35.0 Å². The molecule has 0 aliphatic heterocycles. The molecule has 0 spiro atoms. The van der Waals surface area contributed by atoms with E-state index in [1.54, 1.807) is 22.7 Å². The molecule has 5 rings (SSSR count). The zero-order valence-corrected chi connectivity index (χ0v) is 23.3. The van der Waals surface area contributed by atoms with Gasteiger partial charge in [0.05, 0.1) is 30.2 Å². The van der Waals surface area contributed by atoms with Crippen LogP contribution in [-0.2, 0) is 12.8 Å². The number of unbranched alkanes of at least 4 members (excludes halogenated alkanes) is 6. The highest BCUT2D eigenvalue weighted by atomic mass is 32.1. The van der Waals surface area contributed by atoms with Gasteiger partial charge in [-0.05, 0) is 71.8 Å². The van der Waals surface area contributed by atoms with E-state index in [0.29, 0.717) is 0 Å². The zero-order chi connectivity index (χ0) is 23.3. The molecule has 1 aromatic carbocycles. The Morgan fingerprint density at radius 2 is 1.06 bits per heavy atom. The van der Waals surface area contributed by atoms with E-state index in [2.05, 4.69) is 48.9 Å². The highest BCUT2D eigenvalue weighted by Crippen LogP contribution is 2.39. The number of aromatic nitrogens is 2. The Balaban J connectivity index is 1.31. The molecule has 0 amide bonds. The van der Waals surface area contributed by atoms with Gasteiger partial charge in [-0.1, -0.05) is 52.4 Å². The van der Waals surface area contributed by atoms with Crippen molar-refractivity contribution in [2.75, 3.05) is 0 Å². The van der Waals surface area contributed by atoms with Gasteiger partial charge in [-0.3, -0.25) is 0 Å². The Labute approximate surface area is 218 Å². The van der Waals surface area contributed by atoms with Crippen molar-refractivity contribution in [3.8, 4) is 19.8 Å². The maximum absolute atomic E-state index is 5.00. The average Bonchev–Trinajstić information content (AvgIpc) is 3.62. The van der Waals surface area contributed by atoms with Gasteiger partial charge in [-0.25, -0.2) is 9.97 Å². The molecule has 4 heterocycles. The number of nitrogens with zero attached hydrogens (tertiary/aromatic N) is 2. The van der Waals surface area contributed by atoms with Crippen molar-refractivity contribution in [3.63, 3.8) is 0 Å². The molecule has 0 N–H and O–H groups in total. The smallest absolute Gasteiger partial charge is 0.134 e. The second-order valence-electron chi connectivity index (χ2n) is 9.09. The lowest BCUT2D eigenvalue weighted by Crippen LogP contribution is -1.82. The number of aryl methyl sites for hydroxylation is 2. The molecule has 6 heteroatoms. The normalized spacial score (nSPS) is 11.8. The number of hydrogen-bond donors (Lipinski definition) is 0. The van der Waals surface area contributed by atoms with Crippen LogP contribution in [0.3, 0.4) is 0 Å². The fraction of sp³-hybridized carbons (Fsp3) is 0.429. The quantitative estimate of drug-likeness (QED) is 0.152. The number of thiophene rings is 2.